The van der Waals surface area contributed by atoms with Gasteiger partial charge < -0.3 is 14.9 Å². The lowest BCUT2D eigenvalue weighted by molar-refractivity contribution is 0.00687. The summed E-state index contributed by atoms with van der Waals surface area (Å²) in [4.78, 5) is 11.1. The Morgan fingerprint density at radius 3 is 2.48 bits per heavy atom. The van der Waals surface area contributed by atoms with Crippen LogP contribution in [0, 0.1) is 5.82 Å². The molecule has 2 aromatic rings. The van der Waals surface area contributed by atoms with Crippen LogP contribution in [0.4, 0.5) is 4.39 Å². The first-order valence-electron chi connectivity index (χ1n) is 6.34. The number of ether oxygens (including phenoxy) is 1. The zero-order valence-electron chi connectivity index (χ0n) is 11.4. The number of halogens is 1. The third-order valence-electron chi connectivity index (χ3n) is 3.09. The van der Waals surface area contributed by atoms with Crippen LogP contribution in [0.15, 0.2) is 48.5 Å². The number of hydrogen-bond donors (Lipinski definition) is 2. The molecule has 0 saturated carbocycles. The number of aliphatic hydroxyl groups is 1. The van der Waals surface area contributed by atoms with Crippen LogP contribution in [0.25, 0.3) is 0 Å². The van der Waals surface area contributed by atoms with Gasteiger partial charge >= 0.3 is 5.97 Å². The normalized spacial score (nSPS) is 13.5. The summed E-state index contributed by atoms with van der Waals surface area (Å²) in [6.07, 6.45) is 0. The molecule has 5 heteroatoms. The van der Waals surface area contributed by atoms with Gasteiger partial charge in [0.2, 0.25) is 0 Å². The van der Waals surface area contributed by atoms with Gasteiger partial charge in [-0.05, 0) is 24.6 Å². The molecule has 0 aliphatic heterocycles. The lowest BCUT2D eigenvalue weighted by Crippen LogP contribution is -2.29. The monoisotopic (exact) mass is 290 g/mol. The van der Waals surface area contributed by atoms with Crippen molar-refractivity contribution in [1.29, 1.82) is 0 Å². The van der Waals surface area contributed by atoms with Gasteiger partial charge in [-0.25, -0.2) is 9.18 Å². The van der Waals surface area contributed by atoms with Crippen molar-refractivity contribution >= 4 is 5.97 Å². The van der Waals surface area contributed by atoms with E-state index in [0.29, 0.717) is 5.56 Å². The van der Waals surface area contributed by atoms with E-state index in [-0.39, 0.29) is 12.4 Å². The number of aromatic carboxylic acids is 1. The summed E-state index contributed by atoms with van der Waals surface area (Å²) >= 11 is 0. The molecule has 0 radical (unpaired) electrons. The average Bonchev–Trinajstić information content (AvgIpc) is 2.46. The van der Waals surface area contributed by atoms with Crippen molar-refractivity contribution in [3.63, 3.8) is 0 Å². The largest absolute Gasteiger partial charge is 0.489 e. The van der Waals surface area contributed by atoms with E-state index in [0.717, 1.165) is 6.07 Å². The maximum Gasteiger partial charge on any atom is 0.342 e. The van der Waals surface area contributed by atoms with Crippen LogP contribution in [0.3, 0.4) is 0 Å². The lowest BCUT2D eigenvalue weighted by atomic mass is 9.97. The summed E-state index contributed by atoms with van der Waals surface area (Å²) < 4.78 is 18.8. The Hall–Kier alpha value is -2.40. The molecule has 110 valence electrons. The number of carboxylic acid groups (broad SMARTS) is 1. The predicted molar refractivity (Wildman–Crippen MR) is 74.9 cm³/mol. The van der Waals surface area contributed by atoms with E-state index in [2.05, 4.69) is 0 Å². The maximum atomic E-state index is 13.5. The van der Waals surface area contributed by atoms with E-state index in [1.54, 1.807) is 31.2 Å². The summed E-state index contributed by atoms with van der Waals surface area (Å²) in [6, 6.07) is 12.6. The molecule has 1 atom stereocenters. The zero-order valence-corrected chi connectivity index (χ0v) is 11.4. The number of carbonyl (C=O) groups is 1. The second kappa shape index (κ2) is 5.93. The molecule has 0 aliphatic carbocycles. The number of carboxylic acids is 1. The van der Waals surface area contributed by atoms with Crippen molar-refractivity contribution in [3.05, 3.63) is 65.5 Å². The van der Waals surface area contributed by atoms with Crippen molar-refractivity contribution in [2.75, 3.05) is 6.61 Å². The fourth-order valence-electron chi connectivity index (χ4n) is 1.93. The molecule has 0 spiro atoms. The van der Waals surface area contributed by atoms with Crippen LogP contribution in [0.5, 0.6) is 5.75 Å². The van der Waals surface area contributed by atoms with E-state index in [1.807, 2.05) is 6.07 Å². The van der Waals surface area contributed by atoms with Gasteiger partial charge in [-0.15, -0.1) is 0 Å². The Balaban J connectivity index is 2.21. The average molecular weight is 290 g/mol. The van der Waals surface area contributed by atoms with E-state index < -0.39 is 23.0 Å². The molecule has 0 amide bonds. The number of benzene rings is 2. The molecule has 4 nitrogen and oxygen atoms in total. The van der Waals surface area contributed by atoms with Gasteiger partial charge in [0.15, 0.2) is 0 Å². The van der Waals surface area contributed by atoms with Crippen molar-refractivity contribution < 1.29 is 24.1 Å². The minimum atomic E-state index is -1.41. The van der Waals surface area contributed by atoms with E-state index in [1.165, 1.54) is 12.1 Å². The lowest BCUT2D eigenvalue weighted by Gasteiger charge is -2.24. The van der Waals surface area contributed by atoms with Crippen molar-refractivity contribution in [2.45, 2.75) is 12.5 Å². The fourth-order valence-corrected chi connectivity index (χ4v) is 1.93. The Labute approximate surface area is 121 Å². The second-order valence-electron chi connectivity index (χ2n) is 4.85. The minimum absolute atomic E-state index is 0.112. The molecule has 0 saturated heterocycles. The summed E-state index contributed by atoms with van der Waals surface area (Å²) in [5, 5.41) is 19.4. The second-order valence-corrected chi connectivity index (χ2v) is 4.85. The minimum Gasteiger partial charge on any atom is -0.489 e. The van der Waals surface area contributed by atoms with E-state index >= 15 is 0 Å². The molecule has 2 aromatic carbocycles. The molecule has 21 heavy (non-hydrogen) atoms. The van der Waals surface area contributed by atoms with Gasteiger partial charge in [-0.1, -0.05) is 36.4 Å². The summed E-state index contributed by atoms with van der Waals surface area (Å²) in [6.45, 7) is 1.35. The number of rotatable bonds is 5. The first-order valence-corrected chi connectivity index (χ1v) is 6.34. The highest BCUT2D eigenvalue weighted by Crippen LogP contribution is 2.25. The van der Waals surface area contributed by atoms with Gasteiger partial charge in [-0.2, -0.15) is 0 Å². The first-order chi connectivity index (χ1) is 9.92. The molecule has 2 rings (SSSR count). The van der Waals surface area contributed by atoms with Crippen LogP contribution in [-0.4, -0.2) is 22.8 Å². The Morgan fingerprint density at radius 1 is 1.19 bits per heavy atom. The third-order valence-corrected chi connectivity index (χ3v) is 3.09. The van der Waals surface area contributed by atoms with Gasteiger partial charge in [0.25, 0.3) is 0 Å². The molecule has 0 aliphatic rings. The van der Waals surface area contributed by atoms with Crippen molar-refractivity contribution in [3.8, 4) is 5.75 Å². The molecule has 2 N–H and O–H groups in total. The molecule has 1 unspecified atom stereocenters. The van der Waals surface area contributed by atoms with Crippen molar-refractivity contribution in [2.24, 2.45) is 0 Å². The van der Waals surface area contributed by atoms with Gasteiger partial charge in [0.05, 0.1) is 0 Å². The molecule has 0 aromatic heterocycles. The molecule has 0 heterocycles. The molecular weight excluding hydrogens is 275 g/mol. The van der Waals surface area contributed by atoms with Crippen LogP contribution in [0.1, 0.15) is 22.8 Å². The number of hydrogen-bond acceptors (Lipinski definition) is 3. The Kier molecular flexibility index (Phi) is 4.23. The highest BCUT2D eigenvalue weighted by molar-refractivity contribution is 5.91. The summed E-state index contributed by atoms with van der Waals surface area (Å²) in [7, 11) is 0. The zero-order chi connectivity index (χ0) is 15.5. The molecular formula is C16H15FO4. The maximum absolute atomic E-state index is 13.5. The van der Waals surface area contributed by atoms with Crippen LogP contribution >= 0.6 is 0 Å². The Bertz CT molecular complexity index is 638. The molecule has 0 bridgehead atoms. The highest BCUT2D eigenvalue weighted by atomic mass is 19.1. The quantitative estimate of drug-likeness (QED) is 0.888. The smallest absolute Gasteiger partial charge is 0.342 e. The Morgan fingerprint density at radius 2 is 1.86 bits per heavy atom. The van der Waals surface area contributed by atoms with E-state index in [9.17, 15) is 14.3 Å². The predicted octanol–water partition coefficient (Wildman–Crippen LogP) is 2.81. The van der Waals surface area contributed by atoms with Gasteiger partial charge in [-0.3, -0.25) is 0 Å². The fraction of sp³-hybridized carbons (Fsp3) is 0.188. The van der Waals surface area contributed by atoms with Crippen LogP contribution < -0.4 is 4.74 Å². The summed E-state index contributed by atoms with van der Waals surface area (Å²) in [5.41, 5.74) is -1.23. The first kappa shape index (κ1) is 15.0. The SMILES string of the molecule is CC(O)(COc1cccc(F)c1C(=O)O)c1ccccc1. The van der Waals surface area contributed by atoms with Gasteiger partial charge in [0.1, 0.15) is 29.3 Å². The van der Waals surface area contributed by atoms with E-state index in [4.69, 9.17) is 9.84 Å². The molecule has 0 fully saturated rings. The summed E-state index contributed by atoms with van der Waals surface area (Å²) in [5.74, 6) is -2.40. The van der Waals surface area contributed by atoms with Gasteiger partial charge in [0, 0.05) is 0 Å². The van der Waals surface area contributed by atoms with Crippen molar-refractivity contribution in [1.82, 2.24) is 0 Å². The highest BCUT2D eigenvalue weighted by Gasteiger charge is 2.25. The topological polar surface area (TPSA) is 66.8 Å². The van der Waals surface area contributed by atoms with Crippen LogP contribution in [0.2, 0.25) is 0 Å². The third kappa shape index (κ3) is 3.38. The standard InChI is InChI=1S/C16H15FO4/c1-16(20,11-6-3-2-4-7-11)10-21-13-9-5-8-12(17)14(13)15(18)19/h2-9,20H,10H2,1H3,(H,18,19). The van der Waals surface area contributed by atoms with Crippen LogP contribution in [-0.2, 0) is 5.60 Å².